The SMILES string of the molecule is C/C=C(Cl)/C=C/C(=O)O. The van der Waals surface area contributed by atoms with Gasteiger partial charge in [0.05, 0.1) is 0 Å². The second-order valence-electron chi connectivity index (χ2n) is 1.35. The van der Waals surface area contributed by atoms with Crippen LogP contribution < -0.4 is 0 Å². The number of aliphatic carboxylic acids is 1. The third-order valence-electron chi connectivity index (χ3n) is 0.661. The third-order valence-corrected chi connectivity index (χ3v) is 1.01. The van der Waals surface area contributed by atoms with E-state index < -0.39 is 5.97 Å². The van der Waals surface area contributed by atoms with E-state index in [9.17, 15) is 4.79 Å². The third kappa shape index (κ3) is 5.11. The zero-order chi connectivity index (χ0) is 7.28. The Morgan fingerprint density at radius 1 is 1.56 bits per heavy atom. The zero-order valence-electron chi connectivity index (χ0n) is 4.97. The van der Waals surface area contributed by atoms with Crippen LogP contribution in [0, 0.1) is 0 Å². The fourth-order valence-electron chi connectivity index (χ4n) is 0.247. The van der Waals surface area contributed by atoms with E-state index in [4.69, 9.17) is 16.7 Å². The summed E-state index contributed by atoms with van der Waals surface area (Å²) in [6, 6.07) is 0. The normalized spacial score (nSPS) is 12.4. The van der Waals surface area contributed by atoms with Gasteiger partial charge in [-0.2, -0.15) is 0 Å². The Labute approximate surface area is 58.4 Å². The van der Waals surface area contributed by atoms with Crippen molar-refractivity contribution < 1.29 is 9.90 Å². The molecule has 9 heavy (non-hydrogen) atoms. The fraction of sp³-hybridized carbons (Fsp3) is 0.167. The summed E-state index contributed by atoms with van der Waals surface area (Å²) >= 11 is 5.42. The molecule has 0 spiro atoms. The Morgan fingerprint density at radius 2 is 2.11 bits per heavy atom. The lowest BCUT2D eigenvalue weighted by atomic mass is 10.4. The van der Waals surface area contributed by atoms with Gasteiger partial charge in [0.2, 0.25) is 0 Å². The van der Waals surface area contributed by atoms with Gasteiger partial charge in [-0.1, -0.05) is 17.7 Å². The Balaban J connectivity index is 3.86. The summed E-state index contributed by atoms with van der Waals surface area (Å²) in [5, 5.41) is 8.51. The molecule has 0 heterocycles. The van der Waals surface area contributed by atoms with Crippen molar-refractivity contribution in [3.05, 3.63) is 23.3 Å². The molecular formula is C6H7ClO2. The maximum Gasteiger partial charge on any atom is 0.328 e. The molecule has 0 rings (SSSR count). The van der Waals surface area contributed by atoms with Gasteiger partial charge in [0.25, 0.3) is 0 Å². The molecule has 0 unspecified atom stereocenters. The highest BCUT2D eigenvalue weighted by Gasteiger charge is 1.85. The monoisotopic (exact) mass is 146 g/mol. The summed E-state index contributed by atoms with van der Waals surface area (Å²) in [5.74, 6) is -0.991. The number of halogens is 1. The summed E-state index contributed by atoms with van der Waals surface area (Å²) in [7, 11) is 0. The number of carboxylic acids is 1. The van der Waals surface area contributed by atoms with E-state index >= 15 is 0 Å². The van der Waals surface area contributed by atoms with Gasteiger partial charge in [-0.15, -0.1) is 0 Å². The lowest BCUT2D eigenvalue weighted by Gasteiger charge is -1.80. The maximum absolute atomic E-state index is 9.85. The van der Waals surface area contributed by atoms with Gasteiger partial charge >= 0.3 is 5.97 Å². The van der Waals surface area contributed by atoms with Gasteiger partial charge in [0.1, 0.15) is 0 Å². The summed E-state index contributed by atoms with van der Waals surface area (Å²) in [4.78, 5) is 9.85. The summed E-state index contributed by atoms with van der Waals surface area (Å²) in [6.45, 7) is 1.73. The summed E-state index contributed by atoms with van der Waals surface area (Å²) in [5.41, 5.74) is 0. The summed E-state index contributed by atoms with van der Waals surface area (Å²) in [6.07, 6.45) is 3.92. The second-order valence-corrected chi connectivity index (χ2v) is 1.78. The predicted octanol–water partition coefficient (Wildman–Crippen LogP) is 1.77. The van der Waals surface area contributed by atoms with E-state index in [-0.39, 0.29) is 0 Å². The minimum atomic E-state index is -0.991. The first-order valence-corrected chi connectivity index (χ1v) is 2.77. The van der Waals surface area contributed by atoms with Crippen molar-refractivity contribution in [2.24, 2.45) is 0 Å². The van der Waals surface area contributed by atoms with Crippen molar-refractivity contribution in [3.8, 4) is 0 Å². The molecule has 0 radical (unpaired) electrons. The molecule has 0 aliphatic rings. The Hall–Kier alpha value is -0.760. The van der Waals surface area contributed by atoms with Crippen molar-refractivity contribution in [1.82, 2.24) is 0 Å². The van der Waals surface area contributed by atoms with Crippen LogP contribution in [-0.2, 0) is 4.79 Å². The molecule has 0 aromatic heterocycles. The minimum Gasteiger partial charge on any atom is -0.478 e. The lowest BCUT2D eigenvalue weighted by Crippen LogP contribution is -1.84. The molecule has 0 aromatic carbocycles. The second kappa shape index (κ2) is 4.15. The predicted molar refractivity (Wildman–Crippen MR) is 36.4 cm³/mol. The molecule has 0 saturated carbocycles. The Kier molecular flexibility index (Phi) is 3.80. The van der Waals surface area contributed by atoms with Crippen LogP contribution in [0.1, 0.15) is 6.92 Å². The van der Waals surface area contributed by atoms with E-state index in [2.05, 4.69) is 0 Å². The van der Waals surface area contributed by atoms with Gasteiger partial charge in [-0.25, -0.2) is 4.79 Å². The molecule has 0 amide bonds. The van der Waals surface area contributed by atoms with Crippen molar-refractivity contribution in [1.29, 1.82) is 0 Å². The van der Waals surface area contributed by atoms with Crippen molar-refractivity contribution in [2.75, 3.05) is 0 Å². The molecule has 0 bridgehead atoms. The topological polar surface area (TPSA) is 37.3 Å². The Morgan fingerprint density at radius 3 is 2.44 bits per heavy atom. The molecule has 0 fully saturated rings. The molecule has 2 nitrogen and oxygen atoms in total. The number of allylic oxidation sites excluding steroid dienone is 3. The van der Waals surface area contributed by atoms with Crippen molar-refractivity contribution in [3.63, 3.8) is 0 Å². The van der Waals surface area contributed by atoms with E-state index in [1.807, 2.05) is 0 Å². The molecule has 0 aromatic rings. The molecule has 1 N–H and O–H groups in total. The van der Waals surface area contributed by atoms with Crippen LogP contribution in [0.3, 0.4) is 0 Å². The number of carboxylic acid groups (broad SMARTS) is 1. The smallest absolute Gasteiger partial charge is 0.328 e. The van der Waals surface area contributed by atoms with E-state index in [0.717, 1.165) is 6.08 Å². The fourth-order valence-corrected chi connectivity index (χ4v) is 0.310. The molecule has 0 aliphatic heterocycles. The average molecular weight is 147 g/mol. The first kappa shape index (κ1) is 8.24. The van der Waals surface area contributed by atoms with Crippen LogP contribution in [0.4, 0.5) is 0 Å². The number of hydrogen-bond acceptors (Lipinski definition) is 1. The molecule has 0 saturated heterocycles. The Bertz CT molecular complexity index is 158. The zero-order valence-corrected chi connectivity index (χ0v) is 5.72. The van der Waals surface area contributed by atoms with Gasteiger partial charge in [0.15, 0.2) is 0 Å². The highest BCUT2D eigenvalue weighted by Crippen LogP contribution is 2.00. The quantitative estimate of drug-likeness (QED) is 0.476. The molecule has 3 heteroatoms. The summed E-state index contributed by atoms with van der Waals surface area (Å²) < 4.78 is 0. The minimum absolute atomic E-state index is 0.428. The van der Waals surface area contributed by atoms with Crippen LogP contribution in [0.25, 0.3) is 0 Å². The van der Waals surface area contributed by atoms with E-state index in [1.165, 1.54) is 6.08 Å². The maximum atomic E-state index is 9.85. The van der Waals surface area contributed by atoms with E-state index in [1.54, 1.807) is 13.0 Å². The molecule has 0 atom stereocenters. The first-order chi connectivity index (χ1) is 4.16. The van der Waals surface area contributed by atoms with Gasteiger partial charge in [0, 0.05) is 11.1 Å². The number of hydrogen-bond donors (Lipinski definition) is 1. The van der Waals surface area contributed by atoms with E-state index in [0.29, 0.717) is 5.03 Å². The highest BCUT2D eigenvalue weighted by atomic mass is 35.5. The first-order valence-electron chi connectivity index (χ1n) is 2.39. The molecule has 50 valence electrons. The number of rotatable bonds is 2. The average Bonchev–Trinajstić information content (AvgIpc) is 1.83. The van der Waals surface area contributed by atoms with Crippen LogP contribution in [-0.4, -0.2) is 11.1 Å². The van der Waals surface area contributed by atoms with Gasteiger partial charge in [-0.3, -0.25) is 0 Å². The van der Waals surface area contributed by atoms with Crippen LogP contribution in [0.2, 0.25) is 0 Å². The van der Waals surface area contributed by atoms with Gasteiger partial charge in [-0.05, 0) is 13.0 Å². The van der Waals surface area contributed by atoms with Gasteiger partial charge < -0.3 is 5.11 Å². The van der Waals surface area contributed by atoms with Crippen LogP contribution in [0.15, 0.2) is 23.3 Å². The standard InChI is InChI=1S/C6H7ClO2/c1-2-5(7)3-4-6(8)9/h2-4H,1H3,(H,8,9)/b4-3+,5-2-. The number of carbonyl (C=O) groups is 1. The van der Waals surface area contributed by atoms with Crippen molar-refractivity contribution >= 4 is 17.6 Å². The molecule has 0 aliphatic carbocycles. The van der Waals surface area contributed by atoms with Crippen molar-refractivity contribution in [2.45, 2.75) is 6.92 Å². The van der Waals surface area contributed by atoms with Crippen LogP contribution in [0.5, 0.6) is 0 Å². The van der Waals surface area contributed by atoms with Crippen LogP contribution >= 0.6 is 11.6 Å². The highest BCUT2D eigenvalue weighted by molar-refractivity contribution is 6.31. The molecular weight excluding hydrogens is 140 g/mol. The lowest BCUT2D eigenvalue weighted by molar-refractivity contribution is -0.131. The largest absolute Gasteiger partial charge is 0.478 e.